The van der Waals surface area contributed by atoms with E-state index in [1.165, 1.54) is 0 Å². The highest BCUT2D eigenvalue weighted by atomic mass is 79.9. The average Bonchev–Trinajstić information content (AvgIpc) is 2.02. The molecule has 0 aliphatic heterocycles. The molecule has 3 nitrogen and oxygen atoms in total. The molecule has 0 aromatic heterocycles. The normalized spacial score (nSPS) is 15.1. The first-order chi connectivity index (χ1) is 6.31. The minimum Gasteiger partial charge on any atom is -0.212 e. The van der Waals surface area contributed by atoms with E-state index in [1.54, 1.807) is 13.8 Å². The maximum absolute atomic E-state index is 11.6. The van der Waals surface area contributed by atoms with Gasteiger partial charge in [-0.25, -0.2) is 13.1 Å². The lowest BCUT2D eigenvalue weighted by atomic mass is 10.0. The second kappa shape index (κ2) is 6.08. The molecule has 1 unspecified atom stereocenters. The maximum atomic E-state index is 11.6. The van der Waals surface area contributed by atoms with Crippen LogP contribution in [0.2, 0.25) is 0 Å². The Morgan fingerprint density at radius 2 is 1.71 bits per heavy atom. The van der Waals surface area contributed by atoms with Crippen LogP contribution in [0.4, 0.5) is 0 Å². The molecule has 0 aromatic rings. The van der Waals surface area contributed by atoms with E-state index in [0.717, 1.165) is 11.8 Å². The van der Waals surface area contributed by atoms with Crippen LogP contribution in [0, 0.1) is 5.92 Å². The van der Waals surface area contributed by atoms with Crippen LogP contribution < -0.4 is 4.72 Å². The van der Waals surface area contributed by atoms with Crippen LogP contribution in [0.1, 0.15) is 34.1 Å². The summed E-state index contributed by atoms with van der Waals surface area (Å²) in [6.45, 7) is 7.42. The van der Waals surface area contributed by atoms with Gasteiger partial charge in [0.15, 0.2) is 0 Å². The molecular formula is C9H20BrNO2S. The lowest BCUT2D eigenvalue weighted by Crippen LogP contribution is -2.42. The predicted octanol–water partition coefficient (Wildman–Crippen LogP) is 2.12. The summed E-state index contributed by atoms with van der Waals surface area (Å²) >= 11 is 3.33. The van der Waals surface area contributed by atoms with Gasteiger partial charge in [0.1, 0.15) is 0 Å². The molecule has 14 heavy (non-hydrogen) atoms. The van der Waals surface area contributed by atoms with E-state index in [9.17, 15) is 8.42 Å². The number of alkyl halides is 1. The first-order valence-electron chi connectivity index (χ1n) is 4.88. The van der Waals surface area contributed by atoms with Crippen LogP contribution in [-0.4, -0.2) is 25.0 Å². The Bertz CT molecular complexity index is 250. The van der Waals surface area contributed by atoms with Crippen LogP contribution in [0.3, 0.4) is 0 Å². The molecule has 1 atom stereocenters. The molecule has 0 aliphatic rings. The third-order valence-electron chi connectivity index (χ3n) is 2.16. The Labute approximate surface area is 95.8 Å². The second-order valence-electron chi connectivity index (χ2n) is 4.04. The van der Waals surface area contributed by atoms with E-state index in [4.69, 9.17) is 0 Å². The fourth-order valence-electron chi connectivity index (χ4n) is 0.993. The Kier molecular flexibility index (Phi) is 6.25. The van der Waals surface area contributed by atoms with E-state index < -0.39 is 10.0 Å². The van der Waals surface area contributed by atoms with Crippen LogP contribution in [-0.2, 0) is 10.0 Å². The standard InChI is InChI=1S/C9H20BrNO2S/c1-7(2)9(5-6-10)11-14(12,13)8(3)4/h7-9,11H,5-6H2,1-4H3. The summed E-state index contributed by atoms with van der Waals surface area (Å²) in [6, 6.07) is 0.0294. The van der Waals surface area contributed by atoms with Crippen molar-refractivity contribution < 1.29 is 8.42 Å². The van der Waals surface area contributed by atoms with Gasteiger partial charge in [0, 0.05) is 11.4 Å². The van der Waals surface area contributed by atoms with Gasteiger partial charge in [0.25, 0.3) is 0 Å². The van der Waals surface area contributed by atoms with E-state index in [2.05, 4.69) is 20.7 Å². The largest absolute Gasteiger partial charge is 0.214 e. The molecule has 0 saturated heterocycles. The van der Waals surface area contributed by atoms with Crippen molar-refractivity contribution in [2.75, 3.05) is 5.33 Å². The van der Waals surface area contributed by atoms with Crippen molar-refractivity contribution in [3.8, 4) is 0 Å². The van der Waals surface area contributed by atoms with Gasteiger partial charge >= 0.3 is 0 Å². The monoisotopic (exact) mass is 285 g/mol. The van der Waals surface area contributed by atoms with Gasteiger partial charge in [0.2, 0.25) is 10.0 Å². The predicted molar refractivity (Wildman–Crippen MR) is 64.2 cm³/mol. The Morgan fingerprint density at radius 1 is 1.21 bits per heavy atom. The molecule has 0 aromatic carbocycles. The number of rotatable bonds is 6. The zero-order chi connectivity index (χ0) is 11.4. The summed E-state index contributed by atoms with van der Waals surface area (Å²) in [5, 5.41) is 0.454. The van der Waals surface area contributed by atoms with Crippen LogP contribution in [0.25, 0.3) is 0 Å². The highest BCUT2D eigenvalue weighted by Gasteiger charge is 2.22. The summed E-state index contributed by atoms with van der Waals surface area (Å²) in [4.78, 5) is 0. The number of sulfonamides is 1. The van der Waals surface area contributed by atoms with Crippen molar-refractivity contribution in [2.24, 2.45) is 5.92 Å². The number of hydrogen-bond acceptors (Lipinski definition) is 2. The van der Waals surface area contributed by atoms with E-state index in [1.807, 2.05) is 13.8 Å². The number of hydrogen-bond donors (Lipinski definition) is 1. The molecule has 1 N–H and O–H groups in total. The van der Waals surface area contributed by atoms with Crippen molar-refractivity contribution in [1.82, 2.24) is 4.72 Å². The van der Waals surface area contributed by atoms with Crippen LogP contribution in [0.5, 0.6) is 0 Å². The summed E-state index contributed by atoms with van der Waals surface area (Å²) in [5.41, 5.74) is 0. The van der Waals surface area contributed by atoms with Crippen molar-refractivity contribution in [3.63, 3.8) is 0 Å². The zero-order valence-electron chi connectivity index (χ0n) is 9.25. The molecule has 0 heterocycles. The zero-order valence-corrected chi connectivity index (χ0v) is 11.7. The molecule has 0 fully saturated rings. The SMILES string of the molecule is CC(C)C(CCBr)NS(=O)(=O)C(C)C. The van der Waals surface area contributed by atoms with Gasteiger partial charge in [-0.1, -0.05) is 29.8 Å². The van der Waals surface area contributed by atoms with Gasteiger partial charge in [-0.2, -0.15) is 0 Å². The van der Waals surface area contributed by atoms with Gasteiger partial charge in [-0.3, -0.25) is 0 Å². The topological polar surface area (TPSA) is 46.2 Å². The molecular weight excluding hydrogens is 266 g/mol. The number of nitrogens with one attached hydrogen (secondary N) is 1. The highest BCUT2D eigenvalue weighted by Crippen LogP contribution is 2.10. The summed E-state index contributed by atoms with van der Waals surface area (Å²) in [6.07, 6.45) is 0.823. The van der Waals surface area contributed by atoms with Crippen molar-refractivity contribution in [1.29, 1.82) is 0 Å². The minimum atomic E-state index is -3.14. The molecule has 0 spiro atoms. The molecule has 86 valence electrons. The highest BCUT2D eigenvalue weighted by molar-refractivity contribution is 9.09. The fraction of sp³-hybridized carbons (Fsp3) is 1.00. The van der Waals surface area contributed by atoms with Gasteiger partial charge in [-0.05, 0) is 26.2 Å². The Hall–Kier alpha value is 0.390. The Balaban J connectivity index is 4.45. The smallest absolute Gasteiger partial charge is 0.212 e. The van der Waals surface area contributed by atoms with E-state index in [-0.39, 0.29) is 11.3 Å². The van der Waals surface area contributed by atoms with Crippen LogP contribution in [0.15, 0.2) is 0 Å². The van der Waals surface area contributed by atoms with Crippen LogP contribution >= 0.6 is 15.9 Å². The van der Waals surface area contributed by atoms with Gasteiger partial charge in [0.05, 0.1) is 5.25 Å². The lowest BCUT2D eigenvalue weighted by Gasteiger charge is -2.22. The minimum absolute atomic E-state index is 0.0294. The second-order valence-corrected chi connectivity index (χ2v) is 7.10. The van der Waals surface area contributed by atoms with E-state index in [0.29, 0.717) is 5.92 Å². The third kappa shape index (κ3) is 4.75. The average molecular weight is 286 g/mol. The summed E-state index contributed by atoms with van der Waals surface area (Å²) in [7, 11) is -3.14. The molecule has 0 radical (unpaired) electrons. The molecule has 0 rings (SSSR count). The van der Waals surface area contributed by atoms with Crippen molar-refractivity contribution in [2.45, 2.75) is 45.4 Å². The maximum Gasteiger partial charge on any atom is 0.214 e. The number of halogens is 1. The van der Waals surface area contributed by atoms with Crippen molar-refractivity contribution in [3.05, 3.63) is 0 Å². The summed E-state index contributed by atoms with van der Waals surface area (Å²) in [5.74, 6) is 0.320. The molecule has 0 amide bonds. The quantitative estimate of drug-likeness (QED) is 0.760. The van der Waals surface area contributed by atoms with Gasteiger partial charge < -0.3 is 0 Å². The molecule has 0 saturated carbocycles. The first kappa shape index (κ1) is 14.4. The lowest BCUT2D eigenvalue weighted by molar-refractivity contribution is 0.438. The Morgan fingerprint density at radius 3 is 2.00 bits per heavy atom. The molecule has 5 heteroatoms. The van der Waals surface area contributed by atoms with E-state index >= 15 is 0 Å². The molecule has 0 aliphatic carbocycles. The summed E-state index contributed by atoms with van der Waals surface area (Å²) < 4.78 is 25.9. The van der Waals surface area contributed by atoms with Crippen molar-refractivity contribution >= 4 is 26.0 Å². The fourth-order valence-corrected chi connectivity index (χ4v) is 2.57. The van der Waals surface area contributed by atoms with Gasteiger partial charge in [-0.15, -0.1) is 0 Å². The third-order valence-corrected chi connectivity index (χ3v) is 4.49. The first-order valence-corrected chi connectivity index (χ1v) is 7.55. The molecule has 0 bridgehead atoms.